The van der Waals surface area contributed by atoms with E-state index in [-0.39, 0.29) is 11.5 Å². The Balaban J connectivity index is 1.44. The standard InChI is InChI=1S/C27H28N4O3/c1-18-3-9-21(10-4-18)28-26(32)24-15-22-23(17-30(2)27(33)25(22)29-24)20-7-5-19(6-8-20)16-31-11-13-34-14-12-31/h3-10,15,17,29H,11-14,16H2,1-2H3,(H,28,32). The molecular formula is C27H28N4O3. The van der Waals surface area contributed by atoms with Gasteiger partial charge in [0, 0.05) is 49.5 Å². The Hall–Kier alpha value is -3.68. The quantitative estimate of drug-likeness (QED) is 0.477. The van der Waals surface area contributed by atoms with Crippen molar-refractivity contribution in [3.05, 3.63) is 88.0 Å². The molecule has 2 aromatic carbocycles. The molecule has 0 atom stereocenters. The number of aromatic amines is 1. The van der Waals surface area contributed by atoms with E-state index in [4.69, 9.17) is 4.74 Å². The lowest BCUT2D eigenvalue weighted by molar-refractivity contribution is 0.0342. The van der Waals surface area contributed by atoms with Gasteiger partial charge >= 0.3 is 0 Å². The number of nitrogens with zero attached hydrogens (tertiary/aromatic N) is 2. The van der Waals surface area contributed by atoms with Crippen LogP contribution in [0.25, 0.3) is 22.0 Å². The highest BCUT2D eigenvalue weighted by Gasteiger charge is 2.17. The molecule has 7 heteroatoms. The molecule has 0 bridgehead atoms. The van der Waals surface area contributed by atoms with Crippen LogP contribution >= 0.6 is 0 Å². The first-order chi connectivity index (χ1) is 16.5. The molecule has 0 spiro atoms. The van der Waals surface area contributed by atoms with Gasteiger partial charge in [-0.3, -0.25) is 14.5 Å². The van der Waals surface area contributed by atoms with Gasteiger partial charge in [-0.15, -0.1) is 0 Å². The van der Waals surface area contributed by atoms with Crippen LogP contribution in [0.5, 0.6) is 0 Å². The van der Waals surface area contributed by atoms with Crippen LogP contribution in [0.15, 0.2) is 65.6 Å². The molecule has 7 nitrogen and oxygen atoms in total. The van der Waals surface area contributed by atoms with Crippen LogP contribution in [0.1, 0.15) is 21.6 Å². The summed E-state index contributed by atoms with van der Waals surface area (Å²) in [5.41, 5.74) is 5.56. The average Bonchev–Trinajstić information content (AvgIpc) is 3.30. The van der Waals surface area contributed by atoms with Crippen LogP contribution in [-0.2, 0) is 18.3 Å². The number of hydrogen-bond acceptors (Lipinski definition) is 4. The lowest BCUT2D eigenvalue weighted by Crippen LogP contribution is -2.35. The second kappa shape index (κ2) is 9.29. The number of rotatable bonds is 5. The topological polar surface area (TPSA) is 79.4 Å². The number of ether oxygens (including phenoxy) is 1. The van der Waals surface area contributed by atoms with Crippen LogP contribution in [0.3, 0.4) is 0 Å². The van der Waals surface area contributed by atoms with Gasteiger partial charge in [0.15, 0.2) is 0 Å². The fraction of sp³-hybridized carbons (Fsp3) is 0.259. The van der Waals surface area contributed by atoms with Crippen molar-refractivity contribution in [3.8, 4) is 11.1 Å². The highest BCUT2D eigenvalue weighted by Crippen LogP contribution is 2.28. The van der Waals surface area contributed by atoms with Crippen molar-refractivity contribution >= 4 is 22.5 Å². The zero-order valence-electron chi connectivity index (χ0n) is 19.4. The number of H-pyrrole nitrogens is 1. The molecule has 34 heavy (non-hydrogen) atoms. The molecule has 0 aliphatic carbocycles. The van der Waals surface area contributed by atoms with Crippen LogP contribution in [-0.4, -0.2) is 46.7 Å². The third-order valence-corrected chi connectivity index (χ3v) is 6.29. The van der Waals surface area contributed by atoms with E-state index in [9.17, 15) is 9.59 Å². The van der Waals surface area contributed by atoms with Gasteiger partial charge in [-0.05, 0) is 36.2 Å². The molecule has 2 N–H and O–H groups in total. The van der Waals surface area contributed by atoms with E-state index in [1.807, 2.05) is 37.4 Å². The van der Waals surface area contributed by atoms with Crippen molar-refractivity contribution in [2.24, 2.45) is 7.05 Å². The Bertz CT molecular complexity index is 1380. The summed E-state index contributed by atoms with van der Waals surface area (Å²) in [4.78, 5) is 31.1. The molecule has 0 unspecified atom stereocenters. The van der Waals surface area contributed by atoms with Crippen LogP contribution in [0.4, 0.5) is 5.69 Å². The third-order valence-electron chi connectivity index (χ3n) is 6.29. The first kappa shape index (κ1) is 22.1. The van der Waals surface area contributed by atoms with Crippen molar-refractivity contribution in [2.75, 3.05) is 31.6 Å². The lowest BCUT2D eigenvalue weighted by atomic mass is 10.0. The van der Waals surface area contributed by atoms with Gasteiger partial charge < -0.3 is 19.6 Å². The maximum atomic E-state index is 12.9. The maximum absolute atomic E-state index is 12.9. The smallest absolute Gasteiger partial charge is 0.274 e. The van der Waals surface area contributed by atoms with E-state index in [2.05, 4.69) is 39.5 Å². The minimum atomic E-state index is -0.283. The summed E-state index contributed by atoms with van der Waals surface area (Å²) in [6.45, 7) is 6.33. The highest BCUT2D eigenvalue weighted by molar-refractivity contribution is 6.07. The van der Waals surface area contributed by atoms with Crippen molar-refractivity contribution in [1.29, 1.82) is 0 Å². The van der Waals surface area contributed by atoms with Crippen molar-refractivity contribution < 1.29 is 9.53 Å². The van der Waals surface area contributed by atoms with Crippen molar-refractivity contribution in [3.63, 3.8) is 0 Å². The number of anilines is 1. The van der Waals surface area contributed by atoms with Gasteiger partial charge in [-0.25, -0.2) is 0 Å². The molecule has 2 aromatic heterocycles. The monoisotopic (exact) mass is 456 g/mol. The molecule has 1 aliphatic rings. The molecular weight excluding hydrogens is 428 g/mol. The first-order valence-electron chi connectivity index (χ1n) is 11.5. The predicted molar refractivity (Wildman–Crippen MR) is 134 cm³/mol. The molecule has 5 rings (SSSR count). The van der Waals surface area contributed by atoms with E-state index in [0.717, 1.165) is 54.9 Å². The minimum Gasteiger partial charge on any atom is -0.379 e. The summed E-state index contributed by atoms with van der Waals surface area (Å²) in [5, 5.41) is 3.63. The van der Waals surface area contributed by atoms with Gasteiger partial charge in [-0.2, -0.15) is 0 Å². The molecule has 0 radical (unpaired) electrons. The van der Waals surface area contributed by atoms with E-state index in [1.165, 1.54) is 5.56 Å². The van der Waals surface area contributed by atoms with E-state index >= 15 is 0 Å². The van der Waals surface area contributed by atoms with Gasteiger partial charge in [-0.1, -0.05) is 42.0 Å². The summed E-state index contributed by atoms with van der Waals surface area (Å²) in [5.74, 6) is -0.283. The zero-order chi connectivity index (χ0) is 23.7. The molecule has 4 aromatic rings. The van der Waals surface area contributed by atoms with Crippen LogP contribution < -0.4 is 10.9 Å². The van der Waals surface area contributed by atoms with Crippen LogP contribution in [0, 0.1) is 6.92 Å². The number of aryl methyl sites for hydroxylation is 2. The number of hydrogen-bond donors (Lipinski definition) is 2. The molecule has 0 saturated carbocycles. The number of amides is 1. The fourth-order valence-corrected chi connectivity index (χ4v) is 4.33. The van der Waals surface area contributed by atoms with E-state index < -0.39 is 0 Å². The van der Waals surface area contributed by atoms with Gasteiger partial charge in [0.05, 0.1) is 13.2 Å². The molecule has 174 valence electrons. The summed E-state index contributed by atoms with van der Waals surface area (Å²) in [6.07, 6.45) is 1.83. The Kier molecular flexibility index (Phi) is 6.04. The van der Waals surface area contributed by atoms with E-state index in [0.29, 0.717) is 16.9 Å². The number of fused-ring (bicyclic) bond motifs is 1. The van der Waals surface area contributed by atoms with Gasteiger partial charge in [0.2, 0.25) is 0 Å². The maximum Gasteiger partial charge on any atom is 0.274 e. The zero-order valence-corrected chi connectivity index (χ0v) is 19.4. The molecule has 1 fully saturated rings. The minimum absolute atomic E-state index is 0.169. The summed E-state index contributed by atoms with van der Waals surface area (Å²) >= 11 is 0. The second-order valence-corrected chi connectivity index (χ2v) is 8.84. The molecule has 3 heterocycles. The number of morpholine rings is 1. The lowest BCUT2D eigenvalue weighted by Gasteiger charge is -2.26. The normalized spacial score (nSPS) is 14.4. The number of pyridine rings is 1. The SMILES string of the molecule is Cc1ccc(NC(=O)c2cc3c(-c4ccc(CN5CCOCC5)cc4)cn(C)c(=O)c3[nH]2)cc1. The van der Waals surface area contributed by atoms with Gasteiger partial charge in [0.25, 0.3) is 11.5 Å². The number of aromatic nitrogens is 2. The Morgan fingerprint density at radius 2 is 1.76 bits per heavy atom. The predicted octanol–water partition coefficient (Wildman–Crippen LogP) is 3.93. The molecule has 1 amide bonds. The first-order valence-corrected chi connectivity index (χ1v) is 11.5. The van der Waals surface area contributed by atoms with Crippen molar-refractivity contribution in [1.82, 2.24) is 14.5 Å². The largest absolute Gasteiger partial charge is 0.379 e. The molecule has 1 aliphatic heterocycles. The number of carbonyl (C=O) groups excluding carboxylic acids is 1. The number of carbonyl (C=O) groups is 1. The summed E-state index contributed by atoms with van der Waals surface area (Å²) in [7, 11) is 1.73. The highest BCUT2D eigenvalue weighted by atomic mass is 16.5. The average molecular weight is 457 g/mol. The number of benzene rings is 2. The Labute approximate surface area is 198 Å². The van der Waals surface area contributed by atoms with Gasteiger partial charge in [0.1, 0.15) is 11.2 Å². The second-order valence-electron chi connectivity index (χ2n) is 8.84. The van der Waals surface area contributed by atoms with E-state index in [1.54, 1.807) is 17.7 Å². The Morgan fingerprint density at radius 3 is 2.47 bits per heavy atom. The van der Waals surface area contributed by atoms with Crippen LogP contribution in [0.2, 0.25) is 0 Å². The van der Waals surface area contributed by atoms with Crippen molar-refractivity contribution in [2.45, 2.75) is 13.5 Å². The number of nitrogens with one attached hydrogen (secondary N) is 2. The molecule has 1 saturated heterocycles. The Morgan fingerprint density at radius 1 is 1.06 bits per heavy atom. The fourth-order valence-electron chi connectivity index (χ4n) is 4.33. The third kappa shape index (κ3) is 4.53. The summed E-state index contributed by atoms with van der Waals surface area (Å²) in [6, 6.07) is 17.8. The summed E-state index contributed by atoms with van der Waals surface area (Å²) < 4.78 is 6.98.